The summed E-state index contributed by atoms with van der Waals surface area (Å²) in [4.78, 5) is 27.6. The number of carbonyl (C=O) groups is 2. The molecule has 0 amide bonds. The minimum absolute atomic E-state index is 0.103. The number of alkyl halides is 2. The quantitative estimate of drug-likeness (QED) is 0.441. The zero-order valence-electron chi connectivity index (χ0n) is 19.5. The fraction of sp³-hybridized carbons (Fsp3) is 0.400. The summed E-state index contributed by atoms with van der Waals surface area (Å²) in [6, 6.07) is 5.34. The van der Waals surface area contributed by atoms with Crippen LogP contribution < -0.4 is 0 Å². The fourth-order valence-electron chi connectivity index (χ4n) is 5.10. The molecule has 36 heavy (non-hydrogen) atoms. The predicted octanol–water partition coefficient (Wildman–Crippen LogP) is 6.13. The molecule has 3 rings (SSSR count). The van der Waals surface area contributed by atoms with Crippen LogP contribution in [0.25, 0.3) is 0 Å². The second-order valence-corrected chi connectivity index (χ2v) is 10.8. The van der Waals surface area contributed by atoms with Crippen molar-refractivity contribution in [3.63, 3.8) is 0 Å². The smallest absolute Gasteiger partial charge is 0.434 e. The highest BCUT2D eigenvalue weighted by atomic mass is 35.5. The van der Waals surface area contributed by atoms with E-state index in [1.165, 1.54) is 48.5 Å². The van der Waals surface area contributed by atoms with Crippen molar-refractivity contribution in [2.75, 3.05) is 0 Å². The van der Waals surface area contributed by atoms with E-state index in [0.717, 1.165) is 0 Å². The molecule has 1 fully saturated rings. The first-order chi connectivity index (χ1) is 16.7. The van der Waals surface area contributed by atoms with E-state index in [0.29, 0.717) is 5.02 Å². The maximum atomic E-state index is 15.6. The van der Waals surface area contributed by atoms with Crippen LogP contribution in [-0.4, -0.2) is 40.1 Å². The number of rotatable bonds is 6. The molecule has 2 aromatic rings. The van der Waals surface area contributed by atoms with Gasteiger partial charge < -0.3 is 5.11 Å². The molecular weight excluding hydrogens is 520 g/mol. The highest BCUT2D eigenvalue weighted by molar-refractivity contribution is 6.30. The Morgan fingerprint density at radius 1 is 1.14 bits per heavy atom. The highest BCUT2D eigenvalue weighted by Crippen LogP contribution is 2.58. The number of aliphatic carboxylic acids is 1. The predicted molar refractivity (Wildman–Crippen MR) is 126 cm³/mol. The minimum atomic E-state index is -4.73. The monoisotopic (exact) mass is 542 g/mol. The number of benzene rings is 2. The van der Waals surface area contributed by atoms with Crippen LogP contribution in [0.2, 0.25) is 10.0 Å². The molecule has 0 aliphatic carbocycles. The molecule has 0 saturated carbocycles. The molecule has 0 unspecified atom stereocenters. The molecule has 4 atom stereocenters. The van der Waals surface area contributed by atoms with Crippen molar-refractivity contribution < 1.29 is 32.9 Å². The van der Waals surface area contributed by atoms with Crippen LogP contribution in [0.15, 0.2) is 48.5 Å². The third-order valence-electron chi connectivity index (χ3n) is 6.38. The van der Waals surface area contributed by atoms with Gasteiger partial charge in [0.25, 0.3) is 0 Å². The van der Waals surface area contributed by atoms with Crippen molar-refractivity contribution in [3.8, 4) is 6.07 Å². The van der Waals surface area contributed by atoms with Crippen LogP contribution in [0.1, 0.15) is 44.2 Å². The van der Waals surface area contributed by atoms with E-state index >= 15 is 8.78 Å². The first kappa shape index (κ1) is 27.8. The molecule has 0 spiro atoms. The summed E-state index contributed by atoms with van der Waals surface area (Å²) in [5, 5.41) is 21.5. The van der Waals surface area contributed by atoms with Crippen LogP contribution >= 0.6 is 23.2 Å². The van der Waals surface area contributed by atoms with E-state index in [4.69, 9.17) is 23.2 Å². The molecule has 2 aromatic carbocycles. The average Bonchev–Trinajstić information content (AvgIpc) is 3.09. The number of carbonyl (C=O) groups excluding carboxylic acids is 1. The Kier molecular flexibility index (Phi) is 7.66. The van der Waals surface area contributed by atoms with Gasteiger partial charge in [-0.2, -0.15) is 14.0 Å². The lowest BCUT2D eigenvalue weighted by Gasteiger charge is -2.40. The summed E-state index contributed by atoms with van der Waals surface area (Å²) in [6.45, 7) is 5.13. The lowest BCUT2D eigenvalue weighted by Crippen LogP contribution is -2.58. The Balaban J connectivity index is 2.49. The Morgan fingerprint density at radius 3 is 2.22 bits per heavy atom. The Bertz CT molecular complexity index is 1200. The number of nitriles is 1. The molecule has 0 aromatic heterocycles. The topological polar surface area (TPSA) is 90.6 Å². The van der Waals surface area contributed by atoms with E-state index in [2.05, 4.69) is 11.0 Å². The van der Waals surface area contributed by atoms with Gasteiger partial charge in [0.05, 0.1) is 6.07 Å². The van der Waals surface area contributed by atoms with Gasteiger partial charge in [0.2, 0.25) is 0 Å². The van der Waals surface area contributed by atoms with Crippen molar-refractivity contribution in [1.82, 2.24) is 4.90 Å². The van der Waals surface area contributed by atoms with Crippen molar-refractivity contribution in [2.24, 2.45) is 5.41 Å². The number of carboxylic acid groups (broad SMARTS) is 1. The SMILES string of the molecule is CC(C)(C)C[C@@H]1N(C(F)(F)C(=O)OF)[C@@H](C(=O)O)[C@H](c2cccc(Cl)c2)[C@@]1(C#N)c1ccc(Cl)cc1. The fourth-order valence-corrected chi connectivity index (χ4v) is 5.43. The van der Waals surface area contributed by atoms with Crippen molar-refractivity contribution in [2.45, 2.75) is 56.7 Å². The van der Waals surface area contributed by atoms with Gasteiger partial charge >= 0.3 is 18.0 Å². The molecule has 1 saturated heterocycles. The van der Waals surface area contributed by atoms with Crippen LogP contribution in [0.3, 0.4) is 0 Å². The normalized spacial score (nSPS) is 24.8. The van der Waals surface area contributed by atoms with E-state index < -0.39 is 46.8 Å². The Labute approximate surface area is 216 Å². The van der Waals surface area contributed by atoms with E-state index in [-0.39, 0.29) is 27.5 Å². The summed E-state index contributed by atoms with van der Waals surface area (Å²) in [7, 11) is 0. The summed E-state index contributed by atoms with van der Waals surface area (Å²) >= 11 is 12.2. The molecule has 1 heterocycles. The Hall–Kier alpha value is -2.80. The Morgan fingerprint density at radius 2 is 1.75 bits per heavy atom. The van der Waals surface area contributed by atoms with Crippen LogP contribution in [-0.2, 0) is 19.9 Å². The van der Waals surface area contributed by atoms with E-state index in [1.807, 2.05) is 0 Å². The third kappa shape index (κ3) is 4.77. The van der Waals surface area contributed by atoms with Gasteiger partial charge in [-0.05, 0) is 47.2 Å². The first-order valence-corrected chi connectivity index (χ1v) is 11.6. The summed E-state index contributed by atoms with van der Waals surface area (Å²) in [6.07, 6.45) is -0.167. The lowest BCUT2D eigenvalue weighted by atomic mass is 9.63. The zero-order chi connectivity index (χ0) is 27.1. The van der Waals surface area contributed by atoms with Gasteiger partial charge in [-0.3, -0.25) is 4.79 Å². The molecule has 192 valence electrons. The number of carboxylic acids is 1. The third-order valence-corrected chi connectivity index (χ3v) is 6.87. The molecule has 11 heteroatoms. The largest absolute Gasteiger partial charge is 0.480 e. The highest BCUT2D eigenvalue weighted by Gasteiger charge is 2.71. The van der Waals surface area contributed by atoms with Crippen molar-refractivity contribution in [1.29, 1.82) is 5.26 Å². The maximum Gasteiger partial charge on any atom is 0.434 e. The summed E-state index contributed by atoms with van der Waals surface area (Å²) in [5.41, 5.74) is -2.31. The van der Waals surface area contributed by atoms with E-state index in [9.17, 15) is 24.5 Å². The van der Waals surface area contributed by atoms with Crippen LogP contribution in [0.4, 0.5) is 13.3 Å². The van der Waals surface area contributed by atoms with Gasteiger partial charge in [-0.1, -0.05) is 68.2 Å². The average molecular weight is 543 g/mol. The number of likely N-dealkylation sites (tertiary alicyclic amines) is 1. The van der Waals surface area contributed by atoms with E-state index in [1.54, 1.807) is 20.8 Å². The molecule has 6 nitrogen and oxygen atoms in total. The lowest BCUT2D eigenvalue weighted by molar-refractivity contribution is -0.245. The van der Waals surface area contributed by atoms with Crippen LogP contribution in [0.5, 0.6) is 0 Å². The standard InChI is InChI=1S/C25H23Cl2F3N2O4/c1-23(2,3)12-18-24(13-31,15-7-9-16(26)10-8-15)19(14-5-4-6-17(27)11-14)20(21(33)34)32(18)25(28,29)22(35)36-30/h4-11,18-20H,12H2,1-3H3,(H,33,34)/t18-,19-,20+,24-/m0/s1. The molecule has 1 aliphatic rings. The number of hydrogen-bond acceptors (Lipinski definition) is 5. The number of halogens is 5. The number of hydrogen-bond donors (Lipinski definition) is 1. The van der Waals surface area contributed by atoms with Crippen molar-refractivity contribution >= 4 is 35.1 Å². The summed E-state index contributed by atoms with van der Waals surface area (Å²) in [5.74, 6) is -5.77. The van der Waals surface area contributed by atoms with Crippen molar-refractivity contribution in [3.05, 3.63) is 69.7 Å². The van der Waals surface area contributed by atoms with Gasteiger partial charge in [0, 0.05) is 26.5 Å². The van der Waals surface area contributed by atoms with Gasteiger partial charge in [-0.15, -0.1) is 0 Å². The summed E-state index contributed by atoms with van der Waals surface area (Å²) < 4.78 is 44.0. The molecule has 0 bridgehead atoms. The van der Waals surface area contributed by atoms with Crippen LogP contribution in [0, 0.1) is 16.7 Å². The second-order valence-electron chi connectivity index (χ2n) is 9.90. The molecular formula is C25H23Cl2F3N2O4. The first-order valence-electron chi connectivity index (χ1n) is 10.9. The molecule has 0 radical (unpaired) electrons. The maximum absolute atomic E-state index is 15.6. The second kappa shape index (κ2) is 9.92. The minimum Gasteiger partial charge on any atom is -0.480 e. The van der Waals surface area contributed by atoms with Gasteiger partial charge in [0.15, 0.2) is 0 Å². The number of nitrogens with zero attached hydrogens (tertiary/aromatic N) is 2. The van der Waals surface area contributed by atoms with Gasteiger partial charge in [-0.25, -0.2) is 14.6 Å². The molecule has 1 N–H and O–H groups in total. The zero-order valence-corrected chi connectivity index (χ0v) is 21.0. The van der Waals surface area contributed by atoms with Gasteiger partial charge in [0.1, 0.15) is 11.5 Å². The molecule has 1 aliphatic heterocycles.